The largest absolute Gasteiger partial charge is 0.497 e. The highest BCUT2D eigenvalue weighted by Crippen LogP contribution is 2.18. The fourth-order valence-corrected chi connectivity index (χ4v) is 3.09. The molecule has 7 heteroatoms. The number of hydrogen-bond acceptors (Lipinski definition) is 5. The van der Waals surface area contributed by atoms with Gasteiger partial charge in [-0.3, -0.25) is 14.9 Å². The molecule has 0 unspecified atom stereocenters. The molecule has 0 bridgehead atoms. The fourth-order valence-electron chi connectivity index (χ4n) is 2.38. The molecule has 0 saturated carbocycles. The molecule has 2 amide bonds. The molecule has 3 aromatic rings. The van der Waals surface area contributed by atoms with Gasteiger partial charge in [-0.1, -0.05) is 30.3 Å². The second kappa shape index (κ2) is 8.95. The number of carbonyl (C=O) groups is 2. The number of nitrogens with zero attached hydrogens (tertiary/aromatic N) is 1. The number of thiazole rings is 1. The summed E-state index contributed by atoms with van der Waals surface area (Å²) in [6.45, 7) is 0.477. The summed E-state index contributed by atoms with van der Waals surface area (Å²) in [7, 11) is 1.57. The molecule has 2 N–H and O–H groups in total. The SMILES string of the molecule is COc1ccc(C(=O)Nc2nc(CC(=O)NCc3ccccc3)cs2)cc1. The molecule has 6 nitrogen and oxygen atoms in total. The van der Waals surface area contributed by atoms with E-state index in [-0.39, 0.29) is 18.2 Å². The van der Waals surface area contributed by atoms with E-state index in [1.54, 1.807) is 36.8 Å². The van der Waals surface area contributed by atoms with E-state index in [1.807, 2.05) is 30.3 Å². The van der Waals surface area contributed by atoms with Gasteiger partial charge in [0.2, 0.25) is 5.91 Å². The maximum Gasteiger partial charge on any atom is 0.257 e. The number of benzene rings is 2. The van der Waals surface area contributed by atoms with Crippen LogP contribution in [0.3, 0.4) is 0 Å². The highest BCUT2D eigenvalue weighted by Gasteiger charge is 2.11. The number of aromatic nitrogens is 1. The van der Waals surface area contributed by atoms with E-state index in [0.717, 1.165) is 5.56 Å². The van der Waals surface area contributed by atoms with Gasteiger partial charge in [0.15, 0.2) is 5.13 Å². The van der Waals surface area contributed by atoms with Crippen molar-refractivity contribution >= 4 is 28.3 Å². The molecule has 1 aromatic heterocycles. The molecule has 27 heavy (non-hydrogen) atoms. The fraction of sp³-hybridized carbons (Fsp3) is 0.150. The first-order chi connectivity index (χ1) is 13.1. The summed E-state index contributed by atoms with van der Waals surface area (Å²) in [4.78, 5) is 28.6. The summed E-state index contributed by atoms with van der Waals surface area (Å²) >= 11 is 1.29. The maximum absolute atomic E-state index is 12.2. The molecule has 0 aliphatic heterocycles. The molecule has 0 aliphatic carbocycles. The molecule has 0 fully saturated rings. The second-order valence-electron chi connectivity index (χ2n) is 5.77. The Hall–Kier alpha value is -3.19. The Labute approximate surface area is 161 Å². The number of hydrogen-bond donors (Lipinski definition) is 2. The van der Waals surface area contributed by atoms with E-state index in [4.69, 9.17) is 4.74 Å². The lowest BCUT2D eigenvalue weighted by molar-refractivity contribution is -0.120. The Morgan fingerprint density at radius 3 is 2.52 bits per heavy atom. The molecular formula is C20H19N3O3S. The monoisotopic (exact) mass is 381 g/mol. The van der Waals surface area contributed by atoms with E-state index in [9.17, 15) is 9.59 Å². The zero-order chi connectivity index (χ0) is 19.1. The van der Waals surface area contributed by atoms with E-state index in [1.165, 1.54) is 11.3 Å². The van der Waals surface area contributed by atoms with Crippen molar-refractivity contribution in [3.63, 3.8) is 0 Å². The van der Waals surface area contributed by atoms with E-state index in [2.05, 4.69) is 15.6 Å². The van der Waals surface area contributed by atoms with Crippen molar-refractivity contribution < 1.29 is 14.3 Å². The van der Waals surface area contributed by atoms with Crippen molar-refractivity contribution in [3.05, 3.63) is 76.8 Å². The van der Waals surface area contributed by atoms with Gasteiger partial charge < -0.3 is 10.1 Å². The van der Waals surface area contributed by atoms with Gasteiger partial charge in [-0.25, -0.2) is 4.98 Å². The van der Waals surface area contributed by atoms with Crippen LogP contribution in [0.2, 0.25) is 0 Å². The summed E-state index contributed by atoms with van der Waals surface area (Å²) < 4.78 is 5.08. The van der Waals surface area contributed by atoms with Gasteiger partial charge in [0, 0.05) is 17.5 Å². The van der Waals surface area contributed by atoms with Gasteiger partial charge in [-0.2, -0.15) is 0 Å². The number of amides is 2. The molecule has 0 spiro atoms. The highest BCUT2D eigenvalue weighted by atomic mass is 32.1. The molecule has 0 aliphatic rings. The third-order valence-electron chi connectivity index (χ3n) is 3.80. The summed E-state index contributed by atoms with van der Waals surface area (Å²) in [6.07, 6.45) is 0.168. The number of methoxy groups -OCH3 is 1. The van der Waals surface area contributed by atoms with Crippen LogP contribution in [0.1, 0.15) is 21.6 Å². The molecular weight excluding hydrogens is 362 g/mol. The first kappa shape index (κ1) is 18.6. The quantitative estimate of drug-likeness (QED) is 0.658. The first-order valence-electron chi connectivity index (χ1n) is 8.34. The Balaban J connectivity index is 1.51. The number of ether oxygens (including phenoxy) is 1. The normalized spacial score (nSPS) is 10.3. The van der Waals surface area contributed by atoms with Crippen LogP contribution >= 0.6 is 11.3 Å². The Bertz CT molecular complexity index is 908. The van der Waals surface area contributed by atoms with Crippen molar-refractivity contribution in [3.8, 4) is 5.75 Å². The maximum atomic E-state index is 12.2. The average Bonchev–Trinajstić information content (AvgIpc) is 3.14. The molecule has 2 aromatic carbocycles. The van der Waals surface area contributed by atoms with Gasteiger partial charge in [0.1, 0.15) is 5.75 Å². The summed E-state index contributed by atoms with van der Waals surface area (Å²) in [5.41, 5.74) is 2.17. The van der Waals surface area contributed by atoms with Crippen molar-refractivity contribution in [2.45, 2.75) is 13.0 Å². The Morgan fingerprint density at radius 1 is 1.07 bits per heavy atom. The minimum absolute atomic E-state index is 0.114. The molecule has 1 heterocycles. The van der Waals surface area contributed by atoms with Crippen molar-refractivity contribution in [1.29, 1.82) is 0 Å². The van der Waals surface area contributed by atoms with Crippen LogP contribution in [0.25, 0.3) is 0 Å². The lowest BCUT2D eigenvalue weighted by Gasteiger charge is -2.04. The van der Waals surface area contributed by atoms with Crippen LogP contribution < -0.4 is 15.4 Å². The van der Waals surface area contributed by atoms with Crippen molar-refractivity contribution in [2.24, 2.45) is 0 Å². The number of rotatable bonds is 7. The van der Waals surface area contributed by atoms with Gasteiger partial charge in [0.05, 0.1) is 19.2 Å². The van der Waals surface area contributed by atoms with Crippen LogP contribution in [0, 0.1) is 0 Å². The minimum Gasteiger partial charge on any atom is -0.497 e. The smallest absolute Gasteiger partial charge is 0.257 e. The highest BCUT2D eigenvalue weighted by molar-refractivity contribution is 7.14. The zero-order valence-corrected chi connectivity index (χ0v) is 15.6. The first-order valence-corrected chi connectivity index (χ1v) is 9.22. The molecule has 0 atom stereocenters. The molecule has 3 rings (SSSR count). The average molecular weight is 381 g/mol. The van der Waals surface area contributed by atoms with Crippen LogP contribution in [0.5, 0.6) is 5.75 Å². The van der Waals surface area contributed by atoms with Gasteiger partial charge >= 0.3 is 0 Å². The van der Waals surface area contributed by atoms with E-state index in [0.29, 0.717) is 28.7 Å². The molecule has 138 valence electrons. The zero-order valence-electron chi connectivity index (χ0n) is 14.8. The van der Waals surface area contributed by atoms with Gasteiger partial charge in [-0.15, -0.1) is 11.3 Å². The summed E-state index contributed by atoms with van der Waals surface area (Å²) in [5.74, 6) is 0.314. The minimum atomic E-state index is -0.257. The van der Waals surface area contributed by atoms with Crippen LogP contribution in [-0.4, -0.2) is 23.9 Å². The van der Waals surface area contributed by atoms with Crippen LogP contribution in [0.15, 0.2) is 60.0 Å². The third kappa shape index (κ3) is 5.39. The molecule has 0 saturated heterocycles. The Kier molecular flexibility index (Phi) is 6.17. The predicted molar refractivity (Wildman–Crippen MR) is 105 cm³/mol. The summed E-state index contributed by atoms with van der Waals surface area (Å²) in [6, 6.07) is 16.5. The van der Waals surface area contributed by atoms with Crippen LogP contribution in [0.4, 0.5) is 5.13 Å². The van der Waals surface area contributed by atoms with Crippen LogP contribution in [-0.2, 0) is 17.8 Å². The third-order valence-corrected chi connectivity index (χ3v) is 4.61. The van der Waals surface area contributed by atoms with Crippen molar-refractivity contribution in [1.82, 2.24) is 10.3 Å². The van der Waals surface area contributed by atoms with E-state index >= 15 is 0 Å². The lowest BCUT2D eigenvalue weighted by atomic mass is 10.2. The van der Waals surface area contributed by atoms with Crippen molar-refractivity contribution in [2.75, 3.05) is 12.4 Å². The number of anilines is 1. The number of nitrogens with one attached hydrogen (secondary N) is 2. The van der Waals surface area contributed by atoms with Gasteiger partial charge in [-0.05, 0) is 29.8 Å². The number of carbonyl (C=O) groups excluding carboxylic acids is 2. The summed E-state index contributed by atoms with van der Waals surface area (Å²) in [5, 5.41) is 7.83. The second-order valence-corrected chi connectivity index (χ2v) is 6.62. The van der Waals surface area contributed by atoms with E-state index < -0.39 is 0 Å². The lowest BCUT2D eigenvalue weighted by Crippen LogP contribution is -2.24. The predicted octanol–water partition coefficient (Wildman–Crippen LogP) is 3.26. The van der Waals surface area contributed by atoms with Gasteiger partial charge in [0.25, 0.3) is 5.91 Å². The standard InChI is InChI=1S/C20H19N3O3S/c1-26-17-9-7-15(8-10-17)19(25)23-20-22-16(13-27-20)11-18(24)21-12-14-5-3-2-4-6-14/h2-10,13H,11-12H2,1H3,(H,21,24)(H,22,23,25). The topological polar surface area (TPSA) is 80.3 Å². The molecule has 0 radical (unpaired) electrons. The Morgan fingerprint density at radius 2 is 1.81 bits per heavy atom.